The van der Waals surface area contributed by atoms with E-state index in [1.807, 2.05) is 24.3 Å². The number of aromatic nitrogens is 2. The molecule has 2 aromatic carbocycles. The molecule has 1 N–H and O–H groups in total. The number of nitrogens with one attached hydrogen (secondary N) is 1. The summed E-state index contributed by atoms with van der Waals surface area (Å²) >= 11 is 0. The van der Waals surface area contributed by atoms with Gasteiger partial charge < -0.3 is 5.32 Å². The molecule has 0 radical (unpaired) electrons. The average molecular weight is 333 g/mol. The molecule has 0 aliphatic carbocycles. The quantitative estimate of drug-likeness (QED) is 0.551. The molecule has 5 heteroatoms. The molecule has 0 atom stereocenters. The van der Waals surface area contributed by atoms with Gasteiger partial charge in [-0.05, 0) is 42.5 Å². The van der Waals surface area contributed by atoms with Gasteiger partial charge in [0.1, 0.15) is 11.5 Å². The van der Waals surface area contributed by atoms with Crippen LogP contribution in [-0.4, -0.2) is 9.97 Å². The smallest absolute Gasteiger partial charge is 0.173 e. The Morgan fingerprint density at radius 2 is 1.52 bits per heavy atom. The van der Waals surface area contributed by atoms with Crippen LogP contribution in [0.2, 0.25) is 0 Å². The van der Waals surface area contributed by atoms with Gasteiger partial charge in [0.15, 0.2) is 5.82 Å². The van der Waals surface area contributed by atoms with E-state index in [1.165, 1.54) is 24.3 Å². The zero-order valence-corrected chi connectivity index (χ0v) is 13.1. The van der Waals surface area contributed by atoms with Crippen molar-refractivity contribution < 1.29 is 8.78 Å². The molecule has 4 rings (SSSR count). The summed E-state index contributed by atoms with van der Waals surface area (Å²) in [5.74, 6) is -0.859. The fraction of sp³-hybridized carbons (Fsp3) is 0. The Kier molecular flexibility index (Phi) is 3.82. The van der Waals surface area contributed by atoms with Gasteiger partial charge in [-0.15, -0.1) is 0 Å². The van der Waals surface area contributed by atoms with Crippen LogP contribution in [0, 0.1) is 11.6 Å². The SMILES string of the molecule is Fc1ccc(-c2nc3ccccc3c(Nc3ccncc3)c2F)cc1. The summed E-state index contributed by atoms with van der Waals surface area (Å²) in [7, 11) is 0. The lowest BCUT2D eigenvalue weighted by Gasteiger charge is -2.14. The Hall–Kier alpha value is -3.34. The van der Waals surface area contributed by atoms with Crippen molar-refractivity contribution in [3.8, 4) is 11.3 Å². The van der Waals surface area contributed by atoms with Crippen molar-refractivity contribution in [2.45, 2.75) is 0 Å². The van der Waals surface area contributed by atoms with Crippen LogP contribution in [0.4, 0.5) is 20.2 Å². The van der Waals surface area contributed by atoms with Crippen molar-refractivity contribution in [2.24, 2.45) is 0 Å². The Labute approximate surface area is 143 Å². The third-order valence-electron chi connectivity index (χ3n) is 3.90. The number of benzene rings is 2. The molecule has 0 aliphatic heterocycles. The van der Waals surface area contributed by atoms with E-state index in [0.717, 1.165) is 5.69 Å². The van der Waals surface area contributed by atoms with E-state index < -0.39 is 5.82 Å². The summed E-state index contributed by atoms with van der Waals surface area (Å²) < 4.78 is 28.4. The van der Waals surface area contributed by atoms with E-state index in [4.69, 9.17) is 0 Å². The van der Waals surface area contributed by atoms with E-state index in [9.17, 15) is 4.39 Å². The summed E-state index contributed by atoms with van der Waals surface area (Å²) in [5, 5.41) is 3.78. The van der Waals surface area contributed by atoms with Gasteiger partial charge >= 0.3 is 0 Å². The van der Waals surface area contributed by atoms with Crippen LogP contribution in [0.25, 0.3) is 22.2 Å². The molecule has 0 amide bonds. The van der Waals surface area contributed by atoms with E-state index in [1.54, 1.807) is 24.5 Å². The maximum absolute atomic E-state index is 15.2. The lowest BCUT2D eigenvalue weighted by molar-refractivity contribution is 0.626. The van der Waals surface area contributed by atoms with Gasteiger partial charge in [-0.2, -0.15) is 0 Å². The highest BCUT2D eigenvalue weighted by Gasteiger charge is 2.16. The Morgan fingerprint density at radius 1 is 0.800 bits per heavy atom. The molecule has 0 fully saturated rings. The lowest BCUT2D eigenvalue weighted by Crippen LogP contribution is -2.00. The standard InChI is InChI=1S/C20H13F2N3/c21-14-7-5-13(6-8-14)19-18(22)20(24-15-9-11-23-12-10-15)16-3-1-2-4-17(16)25-19/h1-12H,(H,23,24,25). The fourth-order valence-corrected chi connectivity index (χ4v) is 2.69. The average Bonchev–Trinajstić information content (AvgIpc) is 2.65. The van der Waals surface area contributed by atoms with E-state index >= 15 is 4.39 Å². The molecule has 122 valence electrons. The minimum atomic E-state index is -0.484. The minimum Gasteiger partial charge on any atom is -0.352 e. The molecule has 3 nitrogen and oxygen atoms in total. The summed E-state index contributed by atoms with van der Waals surface area (Å²) in [5.41, 5.74) is 2.39. The highest BCUT2D eigenvalue weighted by atomic mass is 19.1. The van der Waals surface area contributed by atoms with E-state index in [0.29, 0.717) is 22.2 Å². The molecular formula is C20H13F2N3. The molecule has 0 unspecified atom stereocenters. The number of fused-ring (bicyclic) bond motifs is 1. The zero-order chi connectivity index (χ0) is 17.2. The number of pyridine rings is 2. The normalized spacial score (nSPS) is 10.8. The van der Waals surface area contributed by atoms with Crippen molar-refractivity contribution in [1.82, 2.24) is 9.97 Å². The van der Waals surface area contributed by atoms with Crippen molar-refractivity contribution in [3.63, 3.8) is 0 Å². The van der Waals surface area contributed by atoms with Crippen LogP contribution < -0.4 is 5.32 Å². The molecule has 0 bridgehead atoms. The molecule has 2 heterocycles. The van der Waals surface area contributed by atoms with Gasteiger partial charge in [0, 0.05) is 29.0 Å². The number of hydrogen-bond acceptors (Lipinski definition) is 3. The van der Waals surface area contributed by atoms with Gasteiger partial charge in [-0.3, -0.25) is 4.98 Å². The number of hydrogen-bond donors (Lipinski definition) is 1. The number of rotatable bonds is 3. The minimum absolute atomic E-state index is 0.176. The van der Waals surface area contributed by atoms with Crippen molar-refractivity contribution >= 4 is 22.3 Å². The van der Waals surface area contributed by atoms with Crippen LogP contribution in [-0.2, 0) is 0 Å². The maximum atomic E-state index is 15.2. The van der Waals surface area contributed by atoms with Crippen LogP contribution >= 0.6 is 0 Å². The van der Waals surface area contributed by atoms with Crippen LogP contribution in [0.15, 0.2) is 73.1 Å². The second-order valence-corrected chi connectivity index (χ2v) is 5.53. The van der Waals surface area contributed by atoms with Crippen LogP contribution in [0.1, 0.15) is 0 Å². The molecule has 0 saturated carbocycles. The topological polar surface area (TPSA) is 37.8 Å². The van der Waals surface area contributed by atoms with Crippen LogP contribution in [0.3, 0.4) is 0 Å². The molecule has 4 aromatic rings. The number of nitrogens with zero attached hydrogens (tertiary/aromatic N) is 2. The largest absolute Gasteiger partial charge is 0.352 e. The zero-order valence-electron chi connectivity index (χ0n) is 13.1. The first-order valence-corrected chi connectivity index (χ1v) is 7.73. The fourth-order valence-electron chi connectivity index (χ4n) is 2.69. The first-order chi connectivity index (χ1) is 12.2. The van der Waals surface area contributed by atoms with E-state index in [-0.39, 0.29) is 11.5 Å². The summed E-state index contributed by atoms with van der Waals surface area (Å²) in [6.45, 7) is 0. The predicted octanol–water partition coefficient (Wildman–Crippen LogP) is 5.32. The molecular weight excluding hydrogens is 320 g/mol. The molecule has 0 saturated heterocycles. The van der Waals surface area contributed by atoms with Gasteiger partial charge in [-0.1, -0.05) is 18.2 Å². The molecule has 2 aromatic heterocycles. The number of halogens is 2. The molecule has 25 heavy (non-hydrogen) atoms. The number of anilines is 2. The second kappa shape index (κ2) is 6.28. The highest BCUT2D eigenvalue weighted by molar-refractivity contribution is 5.95. The van der Waals surface area contributed by atoms with Gasteiger partial charge in [0.2, 0.25) is 0 Å². The maximum Gasteiger partial charge on any atom is 0.173 e. The Morgan fingerprint density at radius 3 is 2.28 bits per heavy atom. The highest BCUT2D eigenvalue weighted by Crippen LogP contribution is 2.34. The third kappa shape index (κ3) is 2.92. The summed E-state index contributed by atoms with van der Waals surface area (Å²) in [6, 6.07) is 16.4. The van der Waals surface area contributed by atoms with Gasteiger partial charge in [-0.25, -0.2) is 13.8 Å². The third-order valence-corrected chi connectivity index (χ3v) is 3.90. The summed E-state index contributed by atoms with van der Waals surface area (Å²) in [6.07, 6.45) is 3.26. The summed E-state index contributed by atoms with van der Waals surface area (Å²) in [4.78, 5) is 8.39. The second-order valence-electron chi connectivity index (χ2n) is 5.53. The van der Waals surface area contributed by atoms with Crippen molar-refractivity contribution in [1.29, 1.82) is 0 Å². The Balaban J connectivity index is 1.93. The monoisotopic (exact) mass is 333 g/mol. The Bertz CT molecular complexity index is 1030. The molecule has 0 spiro atoms. The van der Waals surface area contributed by atoms with Crippen molar-refractivity contribution in [3.05, 3.63) is 84.7 Å². The number of para-hydroxylation sites is 1. The molecule has 0 aliphatic rings. The lowest BCUT2D eigenvalue weighted by atomic mass is 10.1. The van der Waals surface area contributed by atoms with Crippen molar-refractivity contribution in [2.75, 3.05) is 5.32 Å². The first-order valence-electron chi connectivity index (χ1n) is 7.73. The van der Waals surface area contributed by atoms with Gasteiger partial charge in [0.05, 0.1) is 11.2 Å². The first kappa shape index (κ1) is 15.2. The van der Waals surface area contributed by atoms with Gasteiger partial charge in [0.25, 0.3) is 0 Å². The van der Waals surface area contributed by atoms with E-state index in [2.05, 4.69) is 15.3 Å². The predicted molar refractivity (Wildman–Crippen MR) is 94.6 cm³/mol. The van der Waals surface area contributed by atoms with Crippen LogP contribution in [0.5, 0.6) is 0 Å².